The van der Waals surface area contributed by atoms with Crippen molar-refractivity contribution in [1.82, 2.24) is 19.5 Å². The van der Waals surface area contributed by atoms with Crippen LogP contribution in [0, 0.1) is 12.8 Å². The number of hydrogen-bond donors (Lipinski definition) is 1. The van der Waals surface area contributed by atoms with Gasteiger partial charge in [-0.3, -0.25) is 4.79 Å². The predicted octanol–water partition coefficient (Wildman–Crippen LogP) is 2.98. The second-order valence-electron chi connectivity index (χ2n) is 9.91. The molecule has 2 aromatic rings. The zero-order valence-corrected chi connectivity index (χ0v) is 19.5. The van der Waals surface area contributed by atoms with Crippen LogP contribution in [0.1, 0.15) is 56.3 Å². The Morgan fingerprint density at radius 2 is 2.03 bits per heavy atom. The number of likely N-dealkylation sites (tertiary alicyclic amines) is 1. The highest BCUT2D eigenvalue weighted by Gasteiger charge is 2.54. The van der Waals surface area contributed by atoms with E-state index in [1.165, 1.54) is 0 Å². The quantitative estimate of drug-likeness (QED) is 0.727. The van der Waals surface area contributed by atoms with Crippen molar-refractivity contribution in [1.29, 1.82) is 0 Å². The van der Waals surface area contributed by atoms with E-state index in [0.29, 0.717) is 24.3 Å². The summed E-state index contributed by atoms with van der Waals surface area (Å²) in [7, 11) is 0. The first kappa shape index (κ1) is 23.3. The average molecular weight is 481 g/mol. The molecule has 0 bridgehead atoms. The summed E-state index contributed by atoms with van der Waals surface area (Å²) < 4.78 is 47.5. The average Bonchev–Trinajstić information content (AvgIpc) is 3.50. The molecule has 34 heavy (non-hydrogen) atoms. The first-order chi connectivity index (χ1) is 16.1. The number of nitrogens with zero attached hydrogens (tertiary/aromatic N) is 5. The number of aromatic nitrogens is 3. The van der Waals surface area contributed by atoms with Crippen molar-refractivity contribution in [2.45, 2.75) is 76.4 Å². The summed E-state index contributed by atoms with van der Waals surface area (Å²) in [5.74, 6) is -0.850. The number of hydrogen-bond acceptors (Lipinski definition) is 6. The summed E-state index contributed by atoms with van der Waals surface area (Å²) in [5.41, 5.74) is 8.34. The second-order valence-corrected chi connectivity index (χ2v) is 9.91. The van der Waals surface area contributed by atoms with Gasteiger partial charge < -0.3 is 20.3 Å². The number of fused-ring (bicyclic) bond motifs is 1. The van der Waals surface area contributed by atoms with Crippen LogP contribution in [0.2, 0.25) is 0 Å². The van der Waals surface area contributed by atoms with Crippen LogP contribution in [0.5, 0.6) is 0 Å². The van der Waals surface area contributed by atoms with Gasteiger partial charge in [-0.1, -0.05) is 0 Å². The van der Waals surface area contributed by atoms with Crippen LogP contribution in [0.4, 0.5) is 19.0 Å². The molecule has 0 aromatic carbocycles. The fourth-order valence-electron chi connectivity index (χ4n) is 5.62. The van der Waals surface area contributed by atoms with Crippen LogP contribution >= 0.6 is 0 Å². The van der Waals surface area contributed by atoms with Gasteiger partial charge in [0.05, 0.1) is 23.8 Å². The van der Waals surface area contributed by atoms with Crippen LogP contribution in [-0.2, 0) is 9.53 Å². The lowest BCUT2D eigenvalue weighted by molar-refractivity contribution is -0.224. The van der Waals surface area contributed by atoms with E-state index in [9.17, 15) is 18.0 Å². The van der Waals surface area contributed by atoms with Gasteiger partial charge in [0.2, 0.25) is 5.91 Å². The molecular formula is C23H31F3N6O2. The van der Waals surface area contributed by atoms with Crippen molar-refractivity contribution < 1.29 is 22.7 Å². The molecular weight excluding hydrogens is 449 g/mol. The maximum atomic E-state index is 13.6. The SMILES string of the molecule is Cc1cn2nc([C@@H]3CCCCN3C(=O)C3CC(C)OC3C(F)(F)F)cc2nc1N1CC[C@H](N)C1. The molecule has 2 N–H and O–H groups in total. The Morgan fingerprint density at radius 3 is 2.74 bits per heavy atom. The van der Waals surface area contributed by atoms with Crippen LogP contribution in [0.3, 0.4) is 0 Å². The van der Waals surface area contributed by atoms with Gasteiger partial charge in [-0.15, -0.1) is 0 Å². The molecule has 3 saturated heterocycles. The Hall–Kier alpha value is -2.40. The topological polar surface area (TPSA) is 89.0 Å². The minimum Gasteiger partial charge on any atom is -0.365 e. The van der Waals surface area contributed by atoms with E-state index < -0.39 is 30.2 Å². The molecule has 0 aliphatic carbocycles. The third kappa shape index (κ3) is 4.24. The van der Waals surface area contributed by atoms with E-state index in [4.69, 9.17) is 15.5 Å². The molecule has 0 saturated carbocycles. The highest BCUT2D eigenvalue weighted by atomic mass is 19.4. The Labute approximate surface area is 196 Å². The van der Waals surface area contributed by atoms with Crippen LogP contribution in [-0.4, -0.2) is 69.5 Å². The van der Waals surface area contributed by atoms with Crippen molar-refractivity contribution in [2.75, 3.05) is 24.5 Å². The van der Waals surface area contributed by atoms with Gasteiger partial charge >= 0.3 is 6.18 Å². The Balaban J connectivity index is 1.43. The molecule has 5 heterocycles. The summed E-state index contributed by atoms with van der Waals surface area (Å²) in [6.45, 7) is 5.57. The normalized spacial score (nSPS) is 30.5. The Morgan fingerprint density at radius 1 is 1.24 bits per heavy atom. The lowest BCUT2D eigenvalue weighted by Crippen LogP contribution is -2.47. The number of halogens is 3. The minimum atomic E-state index is -4.57. The molecule has 5 atom stereocenters. The minimum absolute atomic E-state index is 0.0689. The number of amides is 1. The number of rotatable bonds is 3. The maximum Gasteiger partial charge on any atom is 0.415 e. The van der Waals surface area contributed by atoms with E-state index in [1.54, 1.807) is 16.3 Å². The Bertz CT molecular complexity index is 1070. The molecule has 3 unspecified atom stereocenters. The first-order valence-corrected chi connectivity index (χ1v) is 12.0. The molecule has 0 spiro atoms. The first-order valence-electron chi connectivity index (χ1n) is 12.0. The van der Waals surface area contributed by atoms with Crippen molar-refractivity contribution in [3.8, 4) is 0 Å². The maximum absolute atomic E-state index is 13.6. The van der Waals surface area contributed by atoms with E-state index in [0.717, 1.165) is 43.7 Å². The summed E-state index contributed by atoms with van der Waals surface area (Å²) in [4.78, 5) is 22.0. The number of carbonyl (C=O) groups excluding carboxylic acids is 1. The van der Waals surface area contributed by atoms with E-state index in [2.05, 4.69) is 10.00 Å². The van der Waals surface area contributed by atoms with Crippen molar-refractivity contribution in [2.24, 2.45) is 11.7 Å². The second kappa shape index (κ2) is 8.67. The van der Waals surface area contributed by atoms with Gasteiger partial charge in [-0.2, -0.15) is 18.3 Å². The van der Waals surface area contributed by atoms with Gasteiger partial charge in [-0.05, 0) is 46.0 Å². The monoisotopic (exact) mass is 480 g/mol. The number of aryl methyl sites for hydroxylation is 1. The van der Waals surface area contributed by atoms with Crippen LogP contribution < -0.4 is 10.6 Å². The number of piperidine rings is 1. The lowest BCUT2D eigenvalue weighted by atomic mass is 9.93. The summed E-state index contributed by atoms with van der Waals surface area (Å²) in [6, 6.07) is 1.60. The molecule has 3 aliphatic heterocycles. The Kier molecular flexibility index (Phi) is 5.96. The van der Waals surface area contributed by atoms with Crippen molar-refractivity contribution in [3.63, 3.8) is 0 Å². The number of nitrogens with two attached hydrogens (primary N) is 1. The fourth-order valence-corrected chi connectivity index (χ4v) is 5.62. The van der Waals surface area contributed by atoms with Gasteiger partial charge in [0.1, 0.15) is 5.82 Å². The van der Waals surface area contributed by atoms with E-state index in [-0.39, 0.29) is 18.5 Å². The molecule has 3 aliphatic rings. The number of carbonyl (C=O) groups is 1. The van der Waals surface area contributed by atoms with Gasteiger partial charge in [0.25, 0.3) is 0 Å². The molecule has 2 aromatic heterocycles. The van der Waals surface area contributed by atoms with Gasteiger partial charge in [-0.25, -0.2) is 9.50 Å². The largest absolute Gasteiger partial charge is 0.415 e. The predicted molar refractivity (Wildman–Crippen MR) is 119 cm³/mol. The smallest absolute Gasteiger partial charge is 0.365 e. The van der Waals surface area contributed by atoms with Gasteiger partial charge in [0.15, 0.2) is 11.8 Å². The van der Waals surface area contributed by atoms with E-state index >= 15 is 0 Å². The van der Waals surface area contributed by atoms with Crippen LogP contribution in [0.25, 0.3) is 5.65 Å². The molecule has 5 rings (SSSR count). The molecule has 11 heteroatoms. The molecule has 8 nitrogen and oxygen atoms in total. The zero-order chi connectivity index (χ0) is 24.2. The summed E-state index contributed by atoms with van der Waals surface area (Å²) in [5, 5.41) is 4.69. The third-order valence-electron chi connectivity index (χ3n) is 7.25. The number of alkyl halides is 3. The third-order valence-corrected chi connectivity index (χ3v) is 7.25. The van der Waals surface area contributed by atoms with Crippen molar-refractivity contribution >= 4 is 17.4 Å². The molecule has 3 fully saturated rings. The summed E-state index contributed by atoms with van der Waals surface area (Å²) >= 11 is 0. The fraction of sp³-hybridized carbons (Fsp3) is 0.696. The highest BCUT2D eigenvalue weighted by Crippen LogP contribution is 2.41. The summed E-state index contributed by atoms with van der Waals surface area (Å²) in [6.07, 6.45) is -2.06. The molecule has 1 amide bonds. The molecule has 186 valence electrons. The van der Waals surface area contributed by atoms with E-state index in [1.807, 2.05) is 19.2 Å². The number of ether oxygens (including phenoxy) is 1. The zero-order valence-electron chi connectivity index (χ0n) is 19.5. The van der Waals surface area contributed by atoms with Crippen molar-refractivity contribution in [3.05, 3.63) is 23.5 Å². The standard InChI is InChI=1S/C23H31F3N6O2/c1-13-11-32-19(28-21(13)30-8-6-15(27)12-30)10-17(29-32)18-5-3-4-7-31(18)22(33)16-9-14(2)34-20(16)23(24,25)26/h10-11,14-16,18,20H,3-9,12,27H2,1-2H3/t14?,15-,16?,18-,20?/m0/s1. The van der Waals surface area contributed by atoms with Gasteiger partial charge in [0, 0.05) is 43.5 Å². The van der Waals surface area contributed by atoms with Crippen LogP contribution in [0.15, 0.2) is 12.3 Å². The highest BCUT2D eigenvalue weighted by molar-refractivity contribution is 5.80. The molecule has 0 radical (unpaired) electrons. The lowest BCUT2D eigenvalue weighted by Gasteiger charge is -2.37. The number of anilines is 1.